The second-order valence-corrected chi connectivity index (χ2v) is 6.41. The van der Waals surface area contributed by atoms with Crippen LogP contribution in [0.3, 0.4) is 0 Å². The van der Waals surface area contributed by atoms with Gasteiger partial charge in [0, 0.05) is 4.47 Å². The first-order valence-electron chi connectivity index (χ1n) is 6.78. The molecule has 0 bridgehead atoms. The minimum Gasteiger partial charge on any atom is -0.113 e. The molecule has 0 nitrogen and oxygen atoms in total. The topological polar surface area (TPSA) is 0 Å². The van der Waals surface area contributed by atoms with Crippen LogP contribution in [0.5, 0.6) is 0 Å². The Morgan fingerprint density at radius 1 is 1.05 bits per heavy atom. The van der Waals surface area contributed by atoms with Gasteiger partial charge in [0.1, 0.15) is 0 Å². The minimum atomic E-state index is -0.226. The van der Waals surface area contributed by atoms with Gasteiger partial charge >= 0.3 is 0 Å². The van der Waals surface area contributed by atoms with E-state index in [-0.39, 0.29) is 5.38 Å². The lowest BCUT2D eigenvalue weighted by Gasteiger charge is -2.15. The maximum absolute atomic E-state index is 6.63. The van der Waals surface area contributed by atoms with Crippen LogP contribution in [-0.2, 0) is 12.8 Å². The van der Waals surface area contributed by atoms with E-state index in [0.29, 0.717) is 5.02 Å². The van der Waals surface area contributed by atoms with Gasteiger partial charge in [0.2, 0.25) is 0 Å². The Labute approximate surface area is 139 Å². The van der Waals surface area contributed by atoms with Crippen molar-refractivity contribution < 1.29 is 0 Å². The first-order valence-corrected chi connectivity index (χ1v) is 8.38. The van der Waals surface area contributed by atoms with E-state index in [9.17, 15) is 0 Å². The van der Waals surface area contributed by atoms with Crippen molar-refractivity contribution in [3.05, 3.63) is 68.1 Å². The average molecular weight is 372 g/mol. The normalized spacial score (nSPS) is 12.4. The van der Waals surface area contributed by atoms with E-state index >= 15 is 0 Å². The average Bonchev–Trinajstić information content (AvgIpc) is 2.48. The molecule has 2 rings (SSSR count). The lowest BCUT2D eigenvalue weighted by atomic mass is 9.96. The molecular weight excluding hydrogens is 355 g/mol. The van der Waals surface area contributed by atoms with Crippen molar-refractivity contribution >= 4 is 39.1 Å². The molecule has 0 aliphatic carbocycles. The van der Waals surface area contributed by atoms with Crippen molar-refractivity contribution in [1.29, 1.82) is 0 Å². The first kappa shape index (κ1) is 15.9. The molecule has 0 saturated heterocycles. The number of hydrogen-bond donors (Lipinski definition) is 0. The smallest absolute Gasteiger partial charge is 0.0850 e. The molecule has 0 aromatic heterocycles. The van der Waals surface area contributed by atoms with Crippen LogP contribution in [0.25, 0.3) is 0 Å². The van der Waals surface area contributed by atoms with Crippen molar-refractivity contribution in [3.8, 4) is 0 Å². The number of hydrogen-bond acceptors (Lipinski definition) is 0. The highest BCUT2D eigenvalue weighted by Crippen LogP contribution is 2.37. The molecule has 2 aromatic rings. The number of aryl methyl sites for hydroxylation is 2. The maximum atomic E-state index is 6.63. The van der Waals surface area contributed by atoms with E-state index in [0.717, 1.165) is 28.4 Å². The van der Waals surface area contributed by atoms with E-state index in [2.05, 4.69) is 48.0 Å². The van der Waals surface area contributed by atoms with Gasteiger partial charge in [-0.2, -0.15) is 0 Å². The fraction of sp³-hybridized carbons (Fsp3) is 0.294. The van der Waals surface area contributed by atoms with Crippen LogP contribution in [0.4, 0.5) is 0 Å². The van der Waals surface area contributed by atoms with Gasteiger partial charge in [-0.25, -0.2) is 0 Å². The van der Waals surface area contributed by atoms with Gasteiger partial charge < -0.3 is 0 Å². The summed E-state index contributed by atoms with van der Waals surface area (Å²) in [6, 6.07) is 12.3. The van der Waals surface area contributed by atoms with Crippen molar-refractivity contribution in [2.75, 3.05) is 0 Å². The maximum Gasteiger partial charge on any atom is 0.0850 e. The van der Waals surface area contributed by atoms with Crippen molar-refractivity contribution in [3.63, 3.8) is 0 Å². The molecule has 20 heavy (non-hydrogen) atoms. The van der Waals surface area contributed by atoms with Crippen LogP contribution in [0, 0.1) is 0 Å². The van der Waals surface area contributed by atoms with Crippen LogP contribution in [0.1, 0.15) is 41.5 Å². The molecular formula is C17H17BrCl2. The van der Waals surface area contributed by atoms with E-state index in [1.807, 2.05) is 18.2 Å². The Balaban J connectivity index is 2.43. The molecule has 0 spiro atoms. The number of halogens is 3. The lowest BCUT2D eigenvalue weighted by molar-refractivity contribution is 1.02. The van der Waals surface area contributed by atoms with Gasteiger partial charge in [-0.05, 0) is 57.1 Å². The second-order valence-electron chi connectivity index (χ2n) is 4.74. The standard InChI is InChI=1S/C17H17BrCl2/c1-3-11-8-9-13(10-12(11)4-2)16(19)14-6-5-7-15(18)17(14)20/h5-10,16H,3-4H2,1-2H3. The van der Waals surface area contributed by atoms with Gasteiger partial charge in [0.15, 0.2) is 0 Å². The summed E-state index contributed by atoms with van der Waals surface area (Å²) in [5.41, 5.74) is 4.79. The lowest BCUT2D eigenvalue weighted by Crippen LogP contribution is -1.99. The molecule has 1 unspecified atom stereocenters. The Morgan fingerprint density at radius 2 is 1.75 bits per heavy atom. The van der Waals surface area contributed by atoms with Crippen molar-refractivity contribution in [2.24, 2.45) is 0 Å². The number of benzene rings is 2. The highest BCUT2D eigenvalue weighted by molar-refractivity contribution is 9.10. The van der Waals surface area contributed by atoms with E-state index in [1.165, 1.54) is 11.1 Å². The van der Waals surface area contributed by atoms with Crippen LogP contribution in [-0.4, -0.2) is 0 Å². The zero-order valence-electron chi connectivity index (χ0n) is 11.6. The van der Waals surface area contributed by atoms with Crippen LogP contribution in [0.15, 0.2) is 40.9 Å². The van der Waals surface area contributed by atoms with Crippen molar-refractivity contribution in [2.45, 2.75) is 32.1 Å². The molecule has 0 aliphatic heterocycles. The minimum absolute atomic E-state index is 0.226. The summed E-state index contributed by atoms with van der Waals surface area (Å²) in [6.07, 6.45) is 2.07. The molecule has 0 fully saturated rings. The molecule has 106 valence electrons. The predicted octanol–water partition coefficient (Wildman–Crippen LogP) is 6.56. The highest BCUT2D eigenvalue weighted by Gasteiger charge is 2.16. The third-order valence-corrected chi connectivity index (χ3v) is 5.34. The van der Waals surface area contributed by atoms with E-state index in [1.54, 1.807) is 0 Å². The second kappa shape index (κ2) is 6.98. The summed E-state index contributed by atoms with van der Waals surface area (Å²) >= 11 is 16.4. The SMILES string of the molecule is CCc1ccc(C(Cl)c2cccc(Br)c2Cl)cc1CC. The number of alkyl halides is 1. The fourth-order valence-electron chi connectivity index (χ4n) is 2.37. The van der Waals surface area contributed by atoms with Gasteiger partial charge in [-0.3, -0.25) is 0 Å². The fourth-order valence-corrected chi connectivity index (χ4v) is 3.36. The zero-order valence-corrected chi connectivity index (χ0v) is 14.7. The predicted molar refractivity (Wildman–Crippen MR) is 92.0 cm³/mol. The molecule has 0 amide bonds. The molecule has 2 aromatic carbocycles. The summed E-state index contributed by atoms with van der Waals surface area (Å²) in [7, 11) is 0. The molecule has 0 aliphatic rings. The third-order valence-electron chi connectivity index (χ3n) is 3.54. The summed E-state index contributed by atoms with van der Waals surface area (Å²) in [6.45, 7) is 4.35. The molecule has 0 heterocycles. The molecule has 0 saturated carbocycles. The zero-order chi connectivity index (χ0) is 14.7. The Kier molecular flexibility index (Phi) is 5.54. The summed E-state index contributed by atoms with van der Waals surface area (Å²) in [4.78, 5) is 0. The molecule has 0 N–H and O–H groups in total. The largest absolute Gasteiger partial charge is 0.113 e. The quantitative estimate of drug-likeness (QED) is 0.534. The highest BCUT2D eigenvalue weighted by atomic mass is 79.9. The first-order chi connectivity index (χ1) is 9.58. The van der Waals surface area contributed by atoms with Crippen LogP contribution < -0.4 is 0 Å². The third kappa shape index (κ3) is 3.21. The Bertz CT molecular complexity index is 608. The summed E-state index contributed by atoms with van der Waals surface area (Å²) < 4.78 is 0.878. The van der Waals surface area contributed by atoms with Crippen molar-refractivity contribution in [1.82, 2.24) is 0 Å². The molecule has 1 atom stereocenters. The molecule has 3 heteroatoms. The van der Waals surface area contributed by atoms with Gasteiger partial charge in [-0.15, -0.1) is 11.6 Å². The van der Waals surface area contributed by atoms with Gasteiger partial charge in [0.05, 0.1) is 10.4 Å². The van der Waals surface area contributed by atoms with Gasteiger partial charge in [-0.1, -0.05) is 55.8 Å². The van der Waals surface area contributed by atoms with Gasteiger partial charge in [0.25, 0.3) is 0 Å². The summed E-state index contributed by atoms with van der Waals surface area (Å²) in [5.74, 6) is 0. The number of rotatable bonds is 4. The van der Waals surface area contributed by atoms with Crippen LogP contribution >= 0.6 is 39.1 Å². The molecule has 0 radical (unpaired) electrons. The monoisotopic (exact) mass is 370 g/mol. The van der Waals surface area contributed by atoms with E-state index in [4.69, 9.17) is 23.2 Å². The Morgan fingerprint density at radius 3 is 2.40 bits per heavy atom. The van der Waals surface area contributed by atoms with E-state index < -0.39 is 0 Å². The van der Waals surface area contributed by atoms with Crippen LogP contribution in [0.2, 0.25) is 5.02 Å². The Hall–Kier alpha value is -0.500. The summed E-state index contributed by atoms with van der Waals surface area (Å²) in [5, 5.41) is 0.460.